The van der Waals surface area contributed by atoms with Crippen molar-refractivity contribution in [1.82, 2.24) is 19.1 Å². The Bertz CT molecular complexity index is 1810. The van der Waals surface area contributed by atoms with E-state index in [2.05, 4.69) is 53.5 Å². The molecular weight excluding hydrogens is 621 g/mol. The maximum Gasteiger partial charge on any atom is 0.261 e. The van der Waals surface area contributed by atoms with Gasteiger partial charge in [0.25, 0.3) is 5.91 Å². The highest BCUT2D eigenvalue weighted by molar-refractivity contribution is 7.98. The molecule has 1 N–H and O–H groups in total. The number of methoxy groups -OCH3 is 1. The highest BCUT2D eigenvalue weighted by atomic mass is 32.2. The molecule has 3 amide bonds. The van der Waals surface area contributed by atoms with Gasteiger partial charge in [-0.05, 0) is 97.8 Å². The van der Waals surface area contributed by atoms with Crippen molar-refractivity contribution in [3.05, 3.63) is 53.1 Å². The van der Waals surface area contributed by atoms with Gasteiger partial charge < -0.3 is 19.1 Å². The van der Waals surface area contributed by atoms with Crippen molar-refractivity contribution in [3.63, 3.8) is 0 Å². The quantitative estimate of drug-likeness (QED) is 0.283. The molecule has 4 fully saturated rings. The summed E-state index contributed by atoms with van der Waals surface area (Å²) in [5, 5.41) is 1.48. The predicted octanol–water partition coefficient (Wildman–Crippen LogP) is 7.11. The first-order valence-corrected chi connectivity index (χ1v) is 18.9. The summed E-state index contributed by atoms with van der Waals surface area (Å²) in [4.78, 5) is 45.7. The Kier molecular flexibility index (Phi) is 7.85. The Morgan fingerprint density at radius 1 is 1.00 bits per heavy atom. The Balaban J connectivity index is 1.28. The zero-order valence-electron chi connectivity index (χ0n) is 28.8. The molecule has 8 nitrogen and oxygen atoms in total. The van der Waals surface area contributed by atoms with E-state index in [0.29, 0.717) is 31.1 Å². The molecule has 2 saturated heterocycles. The summed E-state index contributed by atoms with van der Waals surface area (Å²) in [6.45, 7) is 6.67. The second-order valence-electron chi connectivity index (χ2n) is 15.5. The molecule has 1 spiro atoms. The number of fused-ring (bicyclic) bond motifs is 7. The highest BCUT2D eigenvalue weighted by Gasteiger charge is 2.65. The molecule has 0 bridgehead atoms. The number of rotatable bonds is 6. The van der Waals surface area contributed by atoms with Crippen molar-refractivity contribution < 1.29 is 19.1 Å². The summed E-state index contributed by atoms with van der Waals surface area (Å²) in [6.07, 6.45) is 9.30. The number of piperidine rings is 1. The number of nitrogens with one attached hydrogen (secondary N) is 1. The fourth-order valence-electron chi connectivity index (χ4n) is 9.65. The third-order valence-corrected chi connectivity index (χ3v) is 13.0. The lowest BCUT2D eigenvalue weighted by molar-refractivity contribution is -0.146. The molecule has 2 saturated carbocycles. The molecule has 4 heterocycles. The van der Waals surface area contributed by atoms with E-state index in [1.54, 1.807) is 7.11 Å². The van der Waals surface area contributed by atoms with Crippen LogP contribution in [0, 0.1) is 10.8 Å². The van der Waals surface area contributed by atoms with Gasteiger partial charge in [-0.25, -0.2) is 0 Å². The number of aromatic nitrogens is 1. The van der Waals surface area contributed by atoms with Gasteiger partial charge in [0.2, 0.25) is 11.8 Å². The van der Waals surface area contributed by atoms with Crippen LogP contribution in [0.25, 0.3) is 22.2 Å². The van der Waals surface area contributed by atoms with Gasteiger partial charge in [-0.3, -0.25) is 19.1 Å². The first-order valence-electron chi connectivity index (χ1n) is 18.0. The highest BCUT2D eigenvalue weighted by Crippen LogP contribution is 2.66. The summed E-state index contributed by atoms with van der Waals surface area (Å²) < 4.78 is 11.2. The Morgan fingerprint density at radius 3 is 2.54 bits per heavy atom. The average Bonchev–Trinajstić information content (AvgIpc) is 3.70. The van der Waals surface area contributed by atoms with Crippen LogP contribution in [0.4, 0.5) is 0 Å². The van der Waals surface area contributed by atoms with Crippen molar-refractivity contribution in [2.45, 2.75) is 95.3 Å². The number of likely N-dealkylation sites (tertiary alicyclic amines) is 2. The number of benzene rings is 2. The number of nitrogens with zero attached hydrogens (tertiary/aromatic N) is 3. The van der Waals surface area contributed by atoms with E-state index in [1.165, 1.54) is 59.0 Å². The summed E-state index contributed by atoms with van der Waals surface area (Å²) >= 11 is 1.43. The molecule has 3 unspecified atom stereocenters. The molecule has 3 aliphatic heterocycles. The molecular formula is C39H48N4O4S. The molecule has 8 rings (SSSR count). The lowest BCUT2D eigenvalue weighted by Gasteiger charge is -2.40. The van der Waals surface area contributed by atoms with E-state index in [1.807, 2.05) is 22.9 Å². The standard InChI is InChI=1S/C39H48N4O4S/c1-24(2)48-40-35(44)26-11-13-29-32(19-26)43-23-39(37(46)42-17-8-15-38(22-42)16-18-41(3)36(38)45)21-31(39)30-20-27(47-4)12-14-28(30)34(43)33(29)25-9-6-5-7-10-25/h11-14,19-20,24-25,31H,5-10,15-18,21-23H2,1-4H3,(H,40,44). The molecule has 1 aromatic heterocycles. The van der Waals surface area contributed by atoms with E-state index in [4.69, 9.17) is 4.74 Å². The van der Waals surface area contributed by atoms with Crippen LogP contribution in [0.15, 0.2) is 36.4 Å². The molecule has 9 heteroatoms. The fourth-order valence-corrected chi connectivity index (χ4v) is 10.1. The van der Waals surface area contributed by atoms with Gasteiger partial charge in [-0.2, -0.15) is 0 Å². The predicted molar refractivity (Wildman–Crippen MR) is 190 cm³/mol. The molecule has 2 aromatic carbocycles. The van der Waals surface area contributed by atoms with Gasteiger partial charge in [-0.1, -0.05) is 39.2 Å². The zero-order valence-corrected chi connectivity index (χ0v) is 29.6. The number of carbonyl (C=O) groups is 3. The van der Waals surface area contributed by atoms with E-state index < -0.39 is 10.8 Å². The number of amides is 3. The van der Waals surface area contributed by atoms with Gasteiger partial charge in [0, 0.05) is 66.4 Å². The first-order chi connectivity index (χ1) is 23.2. The van der Waals surface area contributed by atoms with Gasteiger partial charge in [0.1, 0.15) is 5.75 Å². The Hall–Kier alpha value is -3.46. The van der Waals surface area contributed by atoms with E-state index in [-0.39, 0.29) is 28.9 Å². The van der Waals surface area contributed by atoms with Crippen molar-refractivity contribution >= 4 is 40.6 Å². The summed E-state index contributed by atoms with van der Waals surface area (Å²) in [6, 6.07) is 12.6. The molecule has 0 radical (unpaired) electrons. The summed E-state index contributed by atoms with van der Waals surface area (Å²) in [7, 11) is 3.60. The van der Waals surface area contributed by atoms with Crippen LogP contribution in [-0.2, 0) is 16.1 Å². The van der Waals surface area contributed by atoms with Crippen LogP contribution < -0.4 is 9.46 Å². The minimum atomic E-state index is -0.611. The van der Waals surface area contributed by atoms with Crippen LogP contribution in [0.2, 0.25) is 0 Å². The van der Waals surface area contributed by atoms with Gasteiger partial charge >= 0.3 is 0 Å². The van der Waals surface area contributed by atoms with E-state index >= 15 is 4.79 Å². The monoisotopic (exact) mass is 668 g/mol. The minimum absolute atomic E-state index is 0.0676. The average molecular weight is 669 g/mol. The molecule has 3 aromatic rings. The second-order valence-corrected chi connectivity index (χ2v) is 16.8. The third kappa shape index (κ3) is 4.97. The topological polar surface area (TPSA) is 83.9 Å². The van der Waals surface area contributed by atoms with Crippen molar-refractivity contribution in [1.29, 1.82) is 0 Å². The molecule has 5 aliphatic rings. The Labute approximate surface area is 288 Å². The number of hydrogen-bond donors (Lipinski definition) is 1. The minimum Gasteiger partial charge on any atom is -0.497 e. The van der Waals surface area contributed by atoms with Gasteiger partial charge in [0.05, 0.1) is 23.6 Å². The lowest BCUT2D eigenvalue weighted by Crippen LogP contribution is -2.52. The third-order valence-electron chi connectivity index (χ3n) is 12.2. The van der Waals surface area contributed by atoms with Crippen molar-refractivity contribution in [3.8, 4) is 17.0 Å². The molecule has 2 aliphatic carbocycles. The molecule has 3 atom stereocenters. The van der Waals surface area contributed by atoms with Crippen LogP contribution >= 0.6 is 11.9 Å². The zero-order chi connectivity index (χ0) is 33.4. The number of hydrogen-bond acceptors (Lipinski definition) is 5. The Morgan fingerprint density at radius 2 is 1.81 bits per heavy atom. The van der Waals surface area contributed by atoms with E-state index in [0.717, 1.165) is 56.3 Å². The maximum absolute atomic E-state index is 15.0. The number of carbonyl (C=O) groups excluding carboxylic acids is 3. The first kappa shape index (κ1) is 31.8. The fraction of sp³-hybridized carbons (Fsp3) is 0.564. The number of ether oxygens (including phenoxy) is 1. The smallest absolute Gasteiger partial charge is 0.261 e. The molecule has 48 heavy (non-hydrogen) atoms. The van der Waals surface area contributed by atoms with Crippen LogP contribution in [0.5, 0.6) is 5.75 Å². The lowest BCUT2D eigenvalue weighted by atomic mass is 9.78. The van der Waals surface area contributed by atoms with Gasteiger partial charge in [-0.15, -0.1) is 0 Å². The molecule has 254 valence electrons. The second kappa shape index (κ2) is 11.9. The normalized spacial score (nSPS) is 26.8. The van der Waals surface area contributed by atoms with Crippen LogP contribution in [-0.4, -0.2) is 71.1 Å². The van der Waals surface area contributed by atoms with E-state index in [9.17, 15) is 9.59 Å². The van der Waals surface area contributed by atoms with Crippen LogP contribution in [0.3, 0.4) is 0 Å². The SMILES string of the molecule is COc1ccc2c(c1)C1CC1(C(=O)N1CCCC3(CCN(C)C3=O)C1)Cn1c-2c(C2CCCCC2)c2ccc(C(=O)NSC(C)C)cc21. The summed E-state index contributed by atoms with van der Waals surface area (Å²) in [5.41, 5.74) is 5.58. The van der Waals surface area contributed by atoms with Gasteiger partial charge in [0.15, 0.2) is 0 Å². The maximum atomic E-state index is 15.0. The van der Waals surface area contributed by atoms with Crippen LogP contribution in [0.1, 0.15) is 105 Å². The summed E-state index contributed by atoms with van der Waals surface area (Å²) in [5.74, 6) is 1.58. The largest absolute Gasteiger partial charge is 0.497 e. The van der Waals surface area contributed by atoms with Crippen molar-refractivity contribution in [2.75, 3.05) is 33.8 Å². The van der Waals surface area contributed by atoms with Crippen molar-refractivity contribution in [2.24, 2.45) is 10.8 Å².